The summed E-state index contributed by atoms with van der Waals surface area (Å²) in [6.45, 7) is 10.6. The standard InChI is InChI=1S/C22H27F3/c1-14(2)16-6-8-18(9-7-16)22(4,5)11-10-15(3)17-12-19(23)21(25)20(24)13-17/h6-9,12-15H,10-11H2,1-5H3. The summed E-state index contributed by atoms with van der Waals surface area (Å²) in [5.74, 6) is -3.18. The zero-order valence-electron chi connectivity index (χ0n) is 15.7. The van der Waals surface area contributed by atoms with E-state index >= 15 is 0 Å². The molecule has 0 amide bonds. The number of hydrogen-bond acceptors (Lipinski definition) is 0. The van der Waals surface area contributed by atoms with Gasteiger partial charge >= 0.3 is 0 Å². The molecule has 0 N–H and O–H groups in total. The molecular formula is C22H27F3. The predicted octanol–water partition coefficient (Wildman–Crippen LogP) is 7.09. The van der Waals surface area contributed by atoms with Crippen LogP contribution >= 0.6 is 0 Å². The normalized spacial score (nSPS) is 13.3. The third-order valence-electron chi connectivity index (χ3n) is 5.14. The maximum absolute atomic E-state index is 13.4. The summed E-state index contributed by atoms with van der Waals surface area (Å²) in [5.41, 5.74) is 3.02. The molecule has 0 aliphatic rings. The van der Waals surface area contributed by atoms with E-state index in [1.165, 1.54) is 11.1 Å². The number of halogens is 3. The molecule has 2 rings (SSSR count). The molecule has 2 aromatic carbocycles. The van der Waals surface area contributed by atoms with Gasteiger partial charge in [0.2, 0.25) is 0 Å². The summed E-state index contributed by atoms with van der Waals surface area (Å²) in [6.07, 6.45) is 1.64. The van der Waals surface area contributed by atoms with Crippen molar-refractivity contribution in [3.8, 4) is 0 Å². The van der Waals surface area contributed by atoms with Crippen molar-refractivity contribution < 1.29 is 13.2 Å². The summed E-state index contributed by atoms with van der Waals surface area (Å²) in [6, 6.07) is 10.9. The molecule has 0 saturated carbocycles. The lowest BCUT2D eigenvalue weighted by Gasteiger charge is -2.27. The second-order valence-corrected chi connectivity index (χ2v) is 7.90. The molecule has 1 atom stereocenters. The molecule has 0 fully saturated rings. The Hall–Kier alpha value is -1.77. The van der Waals surface area contributed by atoms with Gasteiger partial charge in [-0.25, -0.2) is 13.2 Å². The van der Waals surface area contributed by atoms with E-state index in [-0.39, 0.29) is 11.3 Å². The largest absolute Gasteiger partial charge is 0.204 e. The van der Waals surface area contributed by atoms with Crippen LogP contribution in [-0.4, -0.2) is 0 Å². The van der Waals surface area contributed by atoms with Gasteiger partial charge in [0, 0.05) is 0 Å². The van der Waals surface area contributed by atoms with Crippen molar-refractivity contribution in [1.29, 1.82) is 0 Å². The molecule has 0 aromatic heterocycles. The summed E-state index contributed by atoms with van der Waals surface area (Å²) in [5, 5.41) is 0. The van der Waals surface area contributed by atoms with Crippen LogP contribution in [0.15, 0.2) is 36.4 Å². The molecule has 25 heavy (non-hydrogen) atoms. The monoisotopic (exact) mass is 348 g/mol. The summed E-state index contributed by atoms with van der Waals surface area (Å²) < 4.78 is 40.0. The van der Waals surface area contributed by atoms with E-state index in [9.17, 15) is 13.2 Å². The van der Waals surface area contributed by atoms with Gasteiger partial charge in [-0.1, -0.05) is 58.9 Å². The van der Waals surface area contributed by atoms with E-state index in [1.54, 1.807) is 0 Å². The first-order valence-electron chi connectivity index (χ1n) is 8.86. The lowest BCUT2D eigenvalue weighted by molar-refractivity contribution is 0.428. The lowest BCUT2D eigenvalue weighted by atomic mass is 9.77. The van der Waals surface area contributed by atoms with Gasteiger partial charge in [0.1, 0.15) is 0 Å². The molecule has 0 radical (unpaired) electrons. The Labute approximate surface area is 149 Å². The maximum Gasteiger partial charge on any atom is 0.194 e. The molecule has 0 saturated heterocycles. The van der Waals surface area contributed by atoms with Crippen molar-refractivity contribution in [2.24, 2.45) is 0 Å². The van der Waals surface area contributed by atoms with Gasteiger partial charge in [-0.2, -0.15) is 0 Å². The number of rotatable bonds is 6. The molecule has 1 unspecified atom stereocenters. The average Bonchev–Trinajstić information content (AvgIpc) is 2.57. The fraction of sp³-hybridized carbons (Fsp3) is 0.455. The van der Waals surface area contributed by atoms with Gasteiger partial charge in [0.15, 0.2) is 17.5 Å². The molecule has 0 aliphatic heterocycles. The Morgan fingerprint density at radius 2 is 1.36 bits per heavy atom. The predicted molar refractivity (Wildman–Crippen MR) is 97.5 cm³/mol. The van der Waals surface area contributed by atoms with E-state index in [2.05, 4.69) is 52.0 Å². The van der Waals surface area contributed by atoms with Crippen LogP contribution in [0.25, 0.3) is 0 Å². The van der Waals surface area contributed by atoms with Crippen LogP contribution < -0.4 is 0 Å². The van der Waals surface area contributed by atoms with Crippen LogP contribution in [0, 0.1) is 17.5 Å². The van der Waals surface area contributed by atoms with E-state index in [4.69, 9.17) is 0 Å². The van der Waals surface area contributed by atoms with Crippen LogP contribution in [0.5, 0.6) is 0 Å². The van der Waals surface area contributed by atoms with Gasteiger partial charge in [-0.3, -0.25) is 0 Å². The van der Waals surface area contributed by atoms with Crippen molar-refractivity contribution in [1.82, 2.24) is 0 Å². The topological polar surface area (TPSA) is 0 Å². The van der Waals surface area contributed by atoms with E-state index in [0.29, 0.717) is 11.5 Å². The Bertz CT molecular complexity index is 692. The first-order chi connectivity index (χ1) is 11.6. The van der Waals surface area contributed by atoms with E-state index < -0.39 is 17.5 Å². The highest BCUT2D eigenvalue weighted by Gasteiger charge is 2.23. The molecule has 2 aromatic rings. The Kier molecular flexibility index (Phi) is 5.97. The lowest BCUT2D eigenvalue weighted by Crippen LogP contribution is -2.18. The van der Waals surface area contributed by atoms with Gasteiger partial charge in [0.05, 0.1) is 0 Å². The smallest absolute Gasteiger partial charge is 0.194 e. The highest BCUT2D eigenvalue weighted by molar-refractivity contribution is 5.30. The quantitative estimate of drug-likeness (QED) is 0.489. The van der Waals surface area contributed by atoms with E-state index in [0.717, 1.165) is 25.0 Å². The van der Waals surface area contributed by atoms with Crippen LogP contribution in [0.1, 0.15) is 76.0 Å². The van der Waals surface area contributed by atoms with Crippen LogP contribution in [0.3, 0.4) is 0 Å². The zero-order chi connectivity index (χ0) is 18.8. The van der Waals surface area contributed by atoms with Crippen LogP contribution in [0.4, 0.5) is 13.2 Å². The Balaban J connectivity index is 2.08. The second kappa shape index (κ2) is 7.63. The number of hydrogen-bond donors (Lipinski definition) is 0. The Morgan fingerprint density at radius 3 is 1.84 bits per heavy atom. The van der Waals surface area contributed by atoms with Crippen molar-refractivity contribution in [2.75, 3.05) is 0 Å². The zero-order valence-corrected chi connectivity index (χ0v) is 15.7. The third kappa shape index (κ3) is 4.65. The Morgan fingerprint density at radius 1 is 0.840 bits per heavy atom. The summed E-state index contributed by atoms with van der Waals surface area (Å²) >= 11 is 0. The van der Waals surface area contributed by atoms with E-state index in [1.807, 2.05) is 6.92 Å². The summed E-state index contributed by atoms with van der Waals surface area (Å²) in [7, 11) is 0. The summed E-state index contributed by atoms with van der Waals surface area (Å²) in [4.78, 5) is 0. The first-order valence-corrected chi connectivity index (χ1v) is 8.86. The second-order valence-electron chi connectivity index (χ2n) is 7.90. The molecule has 0 heterocycles. The number of benzene rings is 2. The molecule has 3 heteroatoms. The van der Waals surface area contributed by atoms with Gasteiger partial charge < -0.3 is 0 Å². The van der Waals surface area contributed by atoms with Crippen LogP contribution in [-0.2, 0) is 5.41 Å². The van der Waals surface area contributed by atoms with Crippen LogP contribution in [0.2, 0.25) is 0 Å². The van der Waals surface area contributed by atoms with Crippen molar-refractivity contribution in [2.45, 2.75) is 64.7 Å². The molecule has 0 nitrogen and oxygen atoms in total. The maximum atomic E-state index is 13.4. The minimum absolute atomic E-state index is 0.0408. The molecule has 0 aliphatic carbocycles. The van der Waals surface area contributed by atoms with Gasteiger partial charge in [-0.15, -0.1) is 0 Å². The fourth-order valence-corrected chi connectivity index (χ4v) is 3.07. The minimum atomic E-state index is -1.40. The molecule has 0 spiro atoms. The first kappa shape index (κ1) is 19.6. The fourth-order valence-electron chi connectivity index (χ4n) is 3.07. The third-order valence-corrected chi connectivity index (χ3v) is 5.14. The molecular weight excluding hydrogens is 321 g/mol. The average molecular weight is 348 g/mol. The van der Waals surface area contributed by atoms with Crippen molar-refractivity contribution in [3.05, 3.63) is 70.5 Å². The minimum Gasteiger partial charge on any atom is -0.204 e. The van der Waals surface area contributed by atoms with Crippen molar-refractivity contribution >= 4 is 0 Å². The molecule has 136 valence electrons. The van der Waals surface area contributed by atoms with Gasteiger partial charge in [0.25, 0.3) is 0 Å². The molecule has 0 bridgehead atoms. The van der Waals surface area contributed by atoms with Crippen molar-refractivity contribution in [3.63, 3.8) is 0 Å². The SMILES string of the molecule is CC(C)c1ccc(C(C)(C)CCC(C)c2cc(F)c(F)c(F)c2)cc1. The highest BCUT2D eigenvalue weighted by Crippen LogP contribution is 2.34. The highest BCUT2D eigenvalue weighted by atomic mass is 19.2. The van der Waals surface area contributed by atoms with Gasteiger partial charge in [-0.05, 0) is 58.9 Å².